The third-order valence-electron chi connectivity index (χ3n) is 2.67. The molecule has 0 aliphatic heterocycles. The Balaban J connectivity index is 2.06. The third-order valence-corrected chi connectivity index (χ3v) is 2.92. The number of amides is 1. The van der Waals surface area contributed by atoms with E-state index in [1.54, 1.807) is 12.1 Å². The van der Waals surface area contributed by atoms with Crippen LogP contribution < -0.4 is 10.5 Å². The van der Waals surface area contributed by atoms with Crippen LogP contribution in [0.4, 0.5) is 5.69 Å². The molecule has 0 fully saturated rings. The van der Waals surface area contributed by atoms with E-state index >= 15 is 0 Å². The lowest BCUT2D eigenvalue weighted by molar-refractivity contribution is -0.398. The Morgan fingerprint density at radius 3 is 2.55 bits per heavy atom. The van der Waals surface area contributed by atoms with Gasteiger partial charge in [-0.25, -0.2) is 5.43 Å². The zero-order valence-electron chi connectivity index (χ0n) is 11.0. The molecular weight excluding hydrogens is 310 g/mol. The van der Waals surface area contributed by atoms with Crippen molar-refractivity contribution in [2.45, 2.75) is 0 Å². The highest BCUT2D eigenvalue weighted by Gasteiger charge is 2.07. The zero-order valence-corrected chi connectivity index (χ0v) is 11.8. The van der Waals surface area contributed by atoms with Crippen molar-refractivity contribution >= 4 is 29.4 Å². The molecule has 2 rings (SSSR count). The van der Waals surface area contributed by atoms with Crippen LogP contribution in [0.2, 0.25) is 5.02 Å². The molecule has 8 heteroatoms. The molecule has 0 bridgehead atoms. The molecule has 0 saturated heterocycles. The molecule has 1 N–H and O–H groups in total. The lowest BCUT2D eigenvalue weighted by Crippen LogP contribution is -2.17. The molecule has 7 nitrogen and oxygen atoms in total. The van der Waals surface area contributed by atoms with Crippen LogP contribution in [0.25, 0.3) is 0 Å². The second-order valence-electron chi connectivity index (χ2n) is 4.19. The molecule has 0 aliphatic carbocycles. The Hall–Kier alpha value is -2.93. The Bertz CT molecular complexity index is 744. The first-order valence-corrected chi connectivity index (χ1v) is 6.39. The van der Waals surface area contributed by atoms with Crippen LogP contribution in [0.3, 0.4) is 0 Å². The Morgan fingerprint density at radius 2 is 1.91 bits per heavy atom. The van der Waals surface area contributed by atoms with Crippen LogP contribution in [0.15, 0.2) is 47.6 Å². The highest BCUT2D eigenvalue weighted by atomic mass is 35.5. The highest BCUT2D eigenvalue weighted by molar-refractivity contribution is 6.30. The van der Waals surface area contributed by atoms with Gasteiger partial charge >= 0.3 is 0 Å². The predicted molar refractivity (Wildman–Crippen MR) is 79.1 cm³/mol. The topological polar surface area (TPSA) is 108 Å². The number of hydrogen-bond acceptors (Lipinski definition) is 5. The first-order valence-electron chi connectivity index (χ1n) is 6.02. The standard InChI is InChI=1S/C14H10ClN3O4/c15-11-4-2-10(3-5-11)14(20)17-16-8-9-1-6-13(19)12(7-9)18(21)22/h1-8,19H,(H,17,20)/p-1. The molecule has 0 radical (unpaired) electrons. The van der Waals surface area contributed by atoms with Gasteiger partial charge in [0.05, 0.1) is 11.1 Å². The number of benzene rings is 2. The third kappa shape index (κ3) is 3.80. The van der Waals surface area contributed by atoms with Gasteiger partial charge in [0.25, 0.3) is 11.6 Å². The lowest BCUT2D eigenvalue weighted by atomic mass is 10.2. The fraction of sp³-hybridized carbons (Fsp3) is 0. The minimum absolute atomic E-state index is 0.322. The number of nitro groups is 1. The smallest absolute Gasteiger partial charge is 0.271 e. The molecule has 112 valence electrons. The van der Waals surface area contributed by atoms with Gasteiger partial charge in [0.1, 0.15) is 0 Å². The van der Waals surface area contributed by atoms with Gasteiger partial charge in [-0.2, -0.15) is 5.10 Å². The Labute approximate surface area is 130 Å². The zero-order chi connectivity index (χ0) is 16.1. The molecule has 0 heterocycles. The van der Waals surface area contributed by atoms with Crippen molar-refractivity contribution in [3.8, 4) is 5.75 Å². The molecule has 0 spiro atoms. The molecule has 2 aromatic rings. The van der Waals surface area contributed by atoms with Crippen molar-refractivity contribution < 1.29 is 14.8 Å². The van der Waals surface area contributed by atoms with Gasteiger partial charge in [-0.1, -0.05) is 23.7 Å². The molecule has 22 heavy (non-hydrogen) atoms. The van der Waals surface area contributed by atoms with E-state index in [1.807, 2.05) is 0 Å². The minimum Gasteiger partial charge on any atom is -0.868 e. The van der Waals surface area contributed by atoms with Crippen molar-refractivity contribution in [3.05, 3.63) is 68.7 Å². The van der Waals surface area contributed by atoms with Crippen LogP contribution in [-0.2, 0) is 0 Å². The number of carbonyl (C=O) groups is 1. The van der Waals surface area contributed by atoms with E-state index in [4.69, 9.17) is 11.6 Å². The van der Waals surface area contributed by atoms with Crippen LogP contribution in [0.5, 0.6) is 5.75 Å². The second-order valence-corrected chi connectivity index (χ2v) is 4.63. The van der Waals surface area contributed by atoms with E-state index in [9.17, 15) is 20.0 Å². The Kier molecular flexibility index (Phi) is 4.70. The number of hydrazone groups is 1. The van der Waals surface area contributed by atoms with Gasteiger partial charge < -0.3 is 5.11 Å². The minimum atomic E-state index is -0.772. The molecular formula is C14H9ClN3O4-. The van der Waals surface area contributed by atoms with Gasteiger partial charge in [-0.15, -0.1) is 0 Å². The SMILES string of the molecule is O=C(NN=Cc1ccc([O-])c([N+](=O)[O-])c1)c1ccc(Cl)cc1. The molecule has 0 aromatic heterocycles. The number of nitrogens with one attached hydrogen (secondary N) is 1. The first kappa shape index (κ1) is 15.5. The van der Waals surface area contributed by atoms with Gasteiger partial charge in [0, 0.05) is 22.2 Å². The highest BCUT2D eigenvalue weighted by Crippen LogP contribution is 2.22. The van der Waals surface area contributed by atoms with Gasteiger partial charge in [0.15, 0.2) is 0 Å². The van der Waals surface area contributed by atoms with Crippen molar-refractivity contribution in [1.82, 2.24) is 5.43 Å². The second kappa shape index (κ2) is 6.68. The fourth-order valence-electron chi connectivity index (χ4n) is 1.59. The molecule has 0 aliphatic rings. The summed E-state index contributed by atoms with van der Waals surface area (Å²) in [5, 5.41) is 26.1. The summed E-state index contributed by atoms with van der Waals surface area (Å²) in [5.41, 5.74) is 2.41. The summed E-state index contributed by atoms with van der Waals surface area (Å²) >= 11 is 5.71. The van der Waals surface area contributed by atoms with Crippen molar-refractivity contribution in [1.29, 1.82) is 0 Å². The van der Waals surface area contributed by atoms with E-state index in [0.29, 0.717) is 16.1 Å². The summed E-state index contributed by atoms with van der Waals surface area (Å²) in [6.45, 7) is 0. The first-order chi connectivity index (χ1) is 10.5. The quantitative estimate of drug-likeness (QED) is 0.529. The molecule has 2 aromatic carbocycles. The van der Waals surface area contributed by atoms with Crippen LogP contribution in [0, 0.1) is 10.1 Å². The summed E-state index contributed by atoms with van der Waals surface area (Å²) in [7, 11) is 0. The number of halogens is 1. The molecule has 0 saturated carbocycles. The lowest BCUT2D eigenvalue weighted by Gasteiger charge is -2.06. The summed E-state index contributed by atoms with van der Waals surface area (Å²) < 4.78 is 0. The maximum Gasteiger partial charge on any atom is 0.271 e. The summed E-state index contributed by atoms with van der Waals surface area (Å²) in [6.07, 6.45) is 1.21. The maximum atomic E-state index is 11.7. The summed E-state index contributed by atoms with van der Waals surface area (Å²) in [6, 6.07) is 9.72. The Morgan fingerprint density at radius 1 is 1.23 bits per heavy atom. The molecule has 0 unspecified atom stereocenters. The number of nitro benzene ring substituents is 1. The van der Waals surface area contributed by atoms with E-state index in [0.717, 1.165) is 12.1 Å². The summed E-state index contributed by atoms with van der Waals surface area (Å²) in [5.74, 6) is -1.14. The van der Waals surface area contributed by atoms with Crippen LogP contribution in [0.1, 0.15) is 15.9 Å². The largest absolute Gasteiger partial charge is 0.868 e. The van der Waals surface area contributed by atoms with E-state index in [2.05, 4.69) is 10.5 Å². The predicted octanol–water partition coefficient (Wildman–Crippen LogP) is 2.09. The molecule has 0 atom stereocenters. The summed E-state index contributed by atoms with van der Waals surface area (Å²) in [4.78, 5) is 21.6. The van der Waals surface area contributed by atoms with Gasteiger partial charge in [-0.3, -0.25) is 14.9 Å². The van der Waals surface area contributed by atoms with E-state index < -0.39 is 22.3 Å². The van der Waals surface area contributed by atoms with Crippen LogP contribution >= 0.6 is 11.6 Å². The maximum absolute atomic E-state index is 11.7. The van der Waals surface area contributed by atoms with E-state index in [-0.39, 0.29) is 0 Å². The number of carbonyl (C=O) groups excluding carboxylic acids is 1. The van der Waals surface area contributed by atoms with Crippen molar-refractivity contribution in [2.75, 3.05) is 0 Å². The fourth-order valence-corrected chi connectivity index (χ4v) is 1.71. The van der Waals surface area contributed by atoms with E-state index in [1.165, 1.54) is 24.4 Å². The number of hydrogen-bond donors (Lipinski definition) is 1. The number of rotatable bonds is 4. The van der Waals surface area contributed by atoms with Crippen LogP contribution in [-0.4, -0.2) is 17.0 Å². The van der Waals surface area contributed by atoms with Crippen molar-refractivity contribution in [3.63, 3.8) is 0 Å². The monoisotopic (exact) mass is 318 g/mol. The molecule has 1 amide bonds. The average Bonchev–Trinajstić information content (AvgIpc) is 2.49. The van der Waals surface area contributed by atoms with Crippen molar-refractivity contribution in [2.24, 2.45) is 5.10 Å². The normalized spacial score (nSPS) is 10.6. The van der Waals surface area contributed by atoms with Gasteiger partial charge in [0.2, 0.25) is 0 Å². The number of nitrogens with zero attached hydrogens (tertiary/aromatic N) is 2. The average molecular weight is 319 g/mol. The van der Waals surface area contributed by atoms with Gasteiger partial charge in [-0.05, 0) is 30.0 Å².